The van der Waals surface area contributed by atoms with Gasteiger partial charge in [0.2, 0.25) is 0 Å². The molecule has 1 aromatic carbocycles. The summed E-state index contributed by atoms with van der Waals surface area (Å²) in [5.41, 5.74) is 7.05. The average molecular weight is 224 g/mol. The Morgan fingerprint density at radius 3 is 2.53 bits per heavy atom. The minimum absolute atomic E-state index is 0.444. The lowest BCUT2D eigenvalue weighted by atomic mass is 10.2. The molecule has 0 fully saturated rings. The van der Waals surface area contributed by atoms with Gasteiger partial charge in [0.05, 0.1) is 0 Å². The first-order valence-electron chi connectivity index (χ1n) is 5.26. The van der Waals surface area contributed by atoms with E-state index in [0.29, 0.717) is 12.6 Å². The molecule has 15 heavy (non-hydrogen) atoms. The maximum Gasteiger partial charge on any atom is 0.0416 e. The fourth-order valence-electron chi connectivity index (χ4n) is 1.60. The Morgan fingerprint density at radius 1 is 1.33 bits per heavy atom. The second-order valence-corrected chi connectivity index (χ2v) is 4.60. The third kappa shape index (κ3) is 3.76. The molecule has 2 N–H and O–H groups in total. The third-order valence-corrected chi connectivity index (χ3v) is 3.28. The van der Waals surface area contributed by atoms with Crippen molar-refractivity contribution in [2.24, 2.45) is 5.73 Å². The Labute approximate surface area is 96.8 Å². The number of nitrogens with two attached hydrogens (primary N) is 1. The van der Waals surface area contributed by atoms with E-state index in [4.69, 9.17) is 5.73 Å². The minimum Gasteiger partial charge on any atom is -0.370 e. The van der Waals surface area contributed by atoms with Crippen LogP contribution in [-0.4, -0.2) is 31.6 Å². The van der Waals surface area contributed by atoms with Gasteiger partial charge in [-0.2, -0.15) is 11.8 Å². The lowest BCUT2D eigenvalue weighted by molar-refractivity contribution is 0.623. The Balaban J connectivity index is 2.60. The van der Waals surface area contributed by atoms with E-state index in [2.05, 4.69) is 42.5 Å². The van der Waals surface area contributed by atoms with E-state index >= 15 is 0 Å². The van der Waals surface area contributed by atoms with Gasteiger partial charge in [-0.1, -0.05) is 18.2 Å². The van der Waals surface area contributed by atoms with Gasteiger partial charge in [0, 0.05) is 25.3 Å². The first-order valence-corrected chi connectivity index (χ1v) is 6.66. The first kappa shape index (κ1) is 12.4. The molecule has 3 heteroatoms. The van der Waals surface area contributed by atoms with Crippen molar-refractivity contribution in [1.82, 2.24) is 0 Å². The fraction of sp³-hybridized carbons (Fsp3) is 0.500. The van der Waals surface area contributed by atoms with Crippen molar-refractivity contribution < 1.29 is 0 Å². The second kappa shape index (κ2) is 6.75. The normalized spacial score (nSPS) is 12.5. The molecule has 0 aliphatic rings. The average Bonchev–Trinajstić information content (AvgIpc) is 2.31. The highest BCUT2D eigenvalue weighted by molar-refractivity contribution is 7.98. The molecule has 0 aliphatic carbocycles. The van der Waals surface area contributed by atoms with E-state index in [0.717, 1.165) is 6.42 Å². The van der Waals surface area contributed by atoms with Crippen molar-refractivity contribution in [2.45, 2.75) is 12.5 Å². The summed E-state index contributed by atoms with van der Waals surface area (Å²) < 4.78 is 0. The van der Waals surface area contributed by atoms with Crippen LogP contribution in [-0.2, 0) is 0 Å². The molecule has 0 saturated carbocycles. The number of hydrogen-bond donors (Lipinski definition) is 1. The van der Waals surface area contributed by atoms with Crippen LogP contribution < -0.4 is 10.6 Å². The fourth-order valence-corrected chi connectivity index (χ4v) is 2.11. The van der Waals surface area contributed by atoms with Crippen molar-refractivity contribution in [2.75, 3.05) is 30.5 Å². The molecule has 1 aromatic rings. The van der Waals surface area contributed by atoms with Gasteiger partial charge in [0.15, 0.2) is 0 Å². The van der Waals surface area contributed by atoms with Crippen LogP contribution in [0.15, 0.2) is 30.3 Å². The second-order valence-electron chi connectivity index (χ2n) is 3.62. The number of anilines is 1. The van der Waals surface area contributed by atoms with Gasteiger partial charge < -0.3 is 10.6 Å². The standard InChI is InChI=1S/C12H20N2S/c1-14(11-6-4-3-5-7-11)12(10-13)8-9-15-2/h3-7,12H,8-10,13H2,1-2H3. The summed E-state index contributed by atoms with van der Waals surface area (Å²) in [6.45, 7) is 0.714. The van der Waals surface area contributed by atoms with Crippen molar-refractivity contribution in [3.63, 3.8) is 0 Å². The molecule has 0 aliphatic heterocycles. The smallest absolute Gasteiger partial charge is 0.0416 e. The molecule has 84 valence electrons. The molecular formula is C12H20N2S. The van der Waals surface area contributed by atoms with Gasteiger partial charge in [-0.15, -0.1) is 0 Å². The van der Waals surface area contributed by atoms with Gasteiger partial charge in [-0.3, -0.25) is 0 Å². The Morgan fingerprint density at radius 2 is 2.00 bits per heavy atom. The van der Waals surface area contributed by atoms with Gasteiger partial charge in [0.25, 0.3) is 0 Å². The maximum absolute atomic E-state index is 5.80. The van der Waals surface area contributed by atoms with Crippen LogP contribution in [0.4, 0.5) is 5.69 Å². The SMILES string of the molecule is CSCCC(CN)N(C)c1ccccc1. The number of benzene rings is 1. The molecule has 1 atom stereocenters. The minimum atomic E-state index is 0.444. The predicted molar refractivity (Wildman–Crippen MR) is 70.7 cm³/mol. The number of rotatable bonds is 6. The van der Waals surface area contributed by atoms with Crippen LogP contribution in [0, 0.1) is 0 Å². The predicted octanol–water partition coefficient (Wildman–Crippen LogP) is 2.20. The largest absolute Gasteiger partial charge is 0.370 e. The van der Waals surface area contributed by atoms with E-state index in [9.17, 15) is 0 Å². The number of likely N-dealkylation sites (N-methyl/N-ethyl adjacent to an activating group) is 1. The van der Waals surface area contributed by atoms with E-state index in [1.807, 2.05) is 17.8 Å². The van der Waals surface area contributed by atoms with Crippen LogP contribution >= 0.6 is 11.8 Å². The first-order chi connectivity index (χ1) is 7.29. The summed E-state index contributed by atoms with van der Waals surface area (Å²) >= 11 is 1.88. The van der Waals surface area contributed by atoms with E-state index in [1.165, 1.54) is 11.4 Å². The van der Waals surface area contributed by atoms with Gasteiger partial charge in [-0.05, 0) is 30.6 Å². The Hall–Kier alpha value is -0.670. The number of thioether (sulfide) groups is 1. The van der Waals surface area contributed by atoms with E-state index in [1.54, 1.807) is 0 Å². The quantitative estimate of drug-likeness (QED) is 0.803. The summed E-state index contributed by atoms with van der Waals surface area (Å²) in [7, 11) is 2.12. The highest BCUT2D eigenvalue weighted by Gasteiger charge is 2.12. The number of hydrogen-bond acceptors (Lipinski definition) is 3. The molecule has 0 saturated heterocycles. The molecule has 0 spiro atoms. The van der Waals surface area contributed by atoms with Crippen LogP contribution in [0.1, 0.15) is 6.42 Å². The van der Waals surface area contributed by atoms with Gasteiger partial charge >= 0.3 is 0 Å². The molecule has 0 heterocycles. The molecule has 1 rings (SSSR count). The molecule has 2 nitrogen and oxygen atoms in total. The molecule has 1 unspecified atom stereocenters. The molecule has 0 aromatic heterocycles. The van der Waals surface area contributed by atoms with E-state index < -0.39 is 0 Å². The van der Waals surface area contributed by atoms with Crippen molar-refractivity contribution in [1.29, 1.82) is 0 Å². The number of nitrogens with zero attached hydrogens (tertiary/aromatic N) is 1. The monoisotopic (exact) mass is 224 g/mol. The zero-order valence-electron chi connectivity index (χ0n) is 9.52. The van der Waals surface area contributed by atoms with Gasteiger partial charge in [-0.25, -0.2) is 0 Å². The highest BCUT2D eigenvalue weighted by atomic mass is 32.2. The van der Waals surface area contributed by atoms with Gasteiger partial charge in [0.1, 0.15) is 0 Å². The summed E-state index contributed by atoms with van der Waals surface area (Å²) in [5.74, 6) is 1.17. The van der Waals surface area contributed by atoms with Crippen molar-refractivity contribution in [3.05, 3.63) is 30.3 Å². The summed E-state index contributed by atoms with van der Waals surface area (Å²) in [6.07, 6.45) is 3.28. The van der Waals surface area contributed by atoms with Crippen LogP contribution in [0.3, 0.4) is 0 Å². The maximum atomic E-state index is 5.80. The molecule has 0 amide bonds. The van der Waals surface area contributed by atoms with Crippen LogP contribution in [0.25, 0.3) is 0 Å². The topological polar surface area (TPSA) is 29.3 Å². The molecular weight excluding hydrogens is 204 g/mol. The summed E-state index contributed by atoms with van der Waals surface area (Å²) in [4.78, 5) is 2.27. The number of para-hydroxylation sites is 1. The Kier molecular flexibility index (Phi) is 5.58. The lowest BCUT2D eigenvalue weighted by Gasteiger charge is -2.29. The molecule has 0 bridgehead atoms. The van der Waals surface area contributed by atoms with Crippen LogP contribution in [0.2, 0.25) is 0 Å². The highest BCUT2D eigenvalue weighted by Crippen LogP contribution is 2.16. The van der Waals surface area contributed by atoms with Crippen molar-refractivity contribution >= 4 is 17.4 Å². The van der Waals surface area contributed by atoms with E-state index in [-0.39, 0.29) is 0 Å². The zero-order valence-corrected chi connectivity index (χ0v) is 10.3. The zero-order chi connectivity index (χ0) is 11.1. The summed E-state index contributed by atoms with van der Waals surface area (Å²) in [5, 5.41) is 0. The van der Waals surface area contributed by atoms with Crippen LogP contribution in [0.5, 0.6) is 0 Å². The Bertz CT molecular complexity index is 264. The third-order valence-electron chi connectivity index (χ3n) is 2.64. The summed E-state index contributed by atoms with van der Waals surface area (Å²) in [6, 6.07) is 10.9. The van der Waals surface area contributed by atoms with Crippen molar-refractivity contribution in [3.8, 4) is 0 Å². The molecule has 0 radical (unpaired) electrons. The lowest BCUT2D eigenvalue weighted by Crippen LogP contribution is -2.38.